The number of benzene rings is 1. The number of hydrogen-bond acceptors (Lipinski definition) is 4. The summed E-state index contributed by atoms with van der Waals surface area (Å²) in [6.07, 6.45) is 6.68. The summed E-state index contributed by atoms with van der Waals surface area (Å²) >= 11 is 0. The fraction of sp³-hybridized carbons (Fsp3) is 0.500. The third kappa shape index (κ3) is 3.54. The molecule has 6 heteroatoms. The number of anilines is 1. The van der Waals surface area contributed by atoms with E-state index in [1.165, 1.54) is 35.7 Å². The van der Waals surface area contributed by atoms with E-state index in [2.05, 4.69) is 63.7 Å². The van der Waals surface area contributed by atoms with Crippen LogP contribution in [-0.2, 0) is 19.5 Å². The van der Waals surface area contributed by atoms with Crippen LogP contribution in [0, 0.1) is 0 Å². The highest BCUT2D eigenvalue weighted by atomic mass is 16.1. The highest BCUT2D eigenvalue weighted by molar-refractivity contribution is 5.84. The van der Waals surface area contributed by atoms with Crippen molar-refractivity contribution in [1.82, 2.24) is 19.4 Å². The Kier molecular flexibility index (Phi) is 5.11. The van der Waals surface area contributed by atoms with Crippen molar-refractivity contribution < 1.29 is 0 Å². The number of aromatic amines is 1. The molecule has 0 aliphatic carbocycles. The van der Waals surface area contributed by atoms with E-state index in [9.17, 15) is 4.79 Å². The second-order valence-electron chi connectivity index (χ2n) is 9.00. The molecule has 2 aliphatic heterocycles. The van der Waals surface area contributed by atoms with Crippen molar-refractivity contribution in [3.05, 3.63) is 57.6 Å². The summed E-state index contributed by atoms with van der Waals surface area (Å²) in [7, 11) is 0. The largest absolute Gasteiger partial charge is 0.345 e. The number of rotatable bonds is 4. The SMILES string of the molecule is CC(C)n1cc(CN2CCc3c(nc(N4CCCCC4)[nH]c3=O)C2)c2ccccc21. The first kappa shape index (κ1) is 19.4. The highest BCUT2D eigenvalue weighted by Gasteiger charge is 2.24. The van der Waals surface area contributed by atoms with Crippen molar-refractivity contribution in [2.45, 2.75) is 58.7 Å². The van der Waals surface area contributed by atoms with Gasteiger partial charge in [0, 0.05) is 61.4 Å². The normalized spacial score (nSPS) is 17.6. The standard InChI is InChI=1S/C24H31N5O/c1-17(2)29-15-18(19-8-4-5-9-22(19)29)14-27-13-10-20-21(16-27)25-24(26-23(20)30)28-11-6-3-7-12-28/h4-5,8-9,15,17H,3,6-7,10-14,16H2,1-2H3,(H,25,26,30). The van der Waals surface area contributed by atoms with Crippen molar-refractivity contribution in [2.24, 2.45) is 0 Å². The van der Waals surface area contributed by atoms with E-state index in [0.29, 0.717) is 6.04 Å². The van der Waals surface area contributed by atoms with E-state index in [0.717, 1.165) is 56.4 Å². The smallest absolute Gasteiger partial charge is 0.255 e. The van der Waals surface area contributed by atoms with Crippen LogP contribution in [0.3, 0.4) is 0 Å². The Morgan fingerprint density at radius 2 is 1.90 bits per heavy atom. The van der Waals surface area contributed by atoms with E-state index in [1.807, 2.05) is 0 Å². The Morgan fingerprint density at radius 1 is 1.10 bits per heavy atom. The molecule has 2 aromatic heterocycles. The molecule has 0 unspecified atom stereocenters. The number of para-hydroxylation sites is 1. The molecule has 0 spiro atoms. The Bertz CT molecular complexity index is 1110. The van der Waals surface area contributed by atoms with Gasteiger partial charge in [0.05, 0.1) is 5.69 Å². The van der Waals surface area contributed by atoms with Crippen LogP contribution in [0.5, 0.6) is 0 Å². The maximum atomic E-state index is 12.7. The summed E-state index contributed by atoms with van der Waals surface area (Å²) in [5.74, 6) is 0.761. The summed E-state index contributed by atoms with van der Waals surface area (Å²) in [6, 6.07) is 9.09. The molecule has 1 aromatic carbocycles. The maximum Gasteiger partial charge on any atom is 0.255 e. The molecule has 0 saturated carbocycles. The molecular formula is C24H31N5O. The molecule has 1 saturated heterocycles. The summed E-state index contributed by atoms with van der Waals surface area (Å²) in [6.45, 7) is 8.94. The van der Waals surface area contributed by atoms with E-state index < -0.39 is 0 Å². The van der Waals surface area contributed by atoms with Gasteiger partial charge in [0.2, 0.25) is 5.95 Å². The van der Waals surface area contributed by atoms with Crippen LogP contribution in [0.4, 0.5) is 5.95 Å². The van der Waals surface area contributed by atoms with Gasteiger partial charge in [0.15, 0.2) is 0 Å². The summed E-state index contributed by atoms with van der Waals surface area (Å²) < 4.78 is 2.36. The zero-order valence-electron chi connectivity index (χ0n) is 18.0. The second-order valence-corrected chi connectivity index (χ2v) is 9.00. The van der Waals surface area contributed by atoms with E-state index in [4.69, 9.17) is 4.98 Å². The van der Waals surface area contributed by atoms with Gasteiger partial charge in [-0.1, -0.05) is 18.2 Å². The Hall–Kier alpha value is -2.60. The molecule has 3 aromatic rings. The van der Waals surface area contributed by atoms with Crippen LogP contribution >= 0.6 is 0 Å². The van der Waals surface area contributed by atoms with E-state index in [-0.39, 0.29) is 5.56 Å². The lowest BCUT2D eigenvalue weighted by Crippen LogP contribution is -2.38. The molecule has 0 amide bonds. The van der Waals surface area contributed by atoms with Crippen LogP contribution in [0.25, 0.3) is 10.9 Å². The summed E-state index contributed by atoms with van der Waals surface area (Å²) in [5, 5.41) is 1.32. The number of piperidine rings is 1. The van der Waals surface area contributed by atoms with Crippen LogP contribution < -0.4 is 10.5 Å². The molecule has 1 fully saturated rings. The number of nitrogens with one attached hydrogen (secondary N) is 1. The number of nitrogens with zero attached hydrogens (tertiary/aromatic N) is 4. The maximum absolute atomic E-state index is 12.7. The molecule has 2 aliphatic rings. The van der Waals surface area contributed by atoms with Crippen molar-refractivity contribution in [1.29, 1.82) is 0 Å². The first-order valence-electron chi connectivity index (χ1n) is 11.3. The summed E-state index contributed by atoms with van der Waals surface area (Å²) in [5.41, 5.74) is 4.53. The molecule has 4 heterocycles. The van der Waals surface area contributed by atoms with Gasteiger partial charge < -0.3 is 9.47 Å². The van der Waals surface area contributed by atoms with Crippen LogP contribution in [0.15, 0.2) is 35.3 Å². The Labute approximate surface area is 177 Å². The van der Waals surface area contributed by atoms with E-state index in [1.54, 1.807) is 0 Å². The number of hydrogen-bond donors (Lipinski definition) is 1. The molecule has 5 rings (SSSR count). The van der Waals surface area contributed by atoms with Crippen molar-refractivity contribution in [3.63, 3.8) is 0 Å². The minimum Gasteiger partial charge on any atom is -0.345 e. The quantitative estimate of drug-likeness (QED) is 0.716. The molecule has 158 valence electrons. The first-order chi connectivity index (χ1) is 14.6. The van der Waals surface area contributed by atoms with Crippen molar-refractivity contribution in [3.8, 4) is 0 Å². The van der Waals surface area contributed by atoms with Crippen LogP contribution in [-0.4, -0.2) is 39.1 Å². The highest BCUT2D eigenvalue weighted by Crippen LogP contribution is 2.27. The van der Waals surface area contributed by atoms with Gasteiger partial charge in [-0.05, 0) is 51.2 Å². The van der Waals surface area contributed by atoms with Gasteiger partial charge in [-0.25, -0.2) is 4.98 Å². The number of H-pyrrole nitrogens is 1. The fourth-order valence-corrected chi connectivity index (χ4v) is 4.94. The van der Waals surface area contributed by atoms with Crippen LogP contribution in [0.1, 0.15) is 56.0 Å². The molecule has 6 nitrogen and oxygen atoms in total. The van der Waals surface area contributed by atoms with Gasteiger partial charge in [0.25, 0.3) is 5.56 Å². The van der Waals surface area contributed by atoms with Gasteiger partial charge in [-0.15, -0.1) is 0 Å². The third-order valence-electron chi connectivity index (χ3n) is 6.57. The molecule has 0 atom stereocenters. The van der Waals surface area contributed by atoms with Gasteiger partial charge >= 0.3 is 0 Å². The molecule has 1 N–H and O–H groups in total. The third-order valence-corrected chi connectivity index (χ3v) is 6.57. The second kappa shape index (κ2) is 7.91. The minimum atomic E-state index is 0.0524. The van der Waals surface area contributed by atoms with Gasteiger partial charge in [0.1, 0.15) is 0 Å². The average Bonchev–Trinajstić information content (AvgIpc) is 3.13. The Balaban J connectivity index is 1.41. The number of aromatic nitrogens is 3. The lowest BCUT2D eigenvalue weighted by Gasteiger charge is -2.30. The van der Waals surface area contributed by atoms with Gasteiger partial charge in [-0.3, -0.25) is 14.7 Å². The average molecular weight is 406 g/mol. The predicted octanol–water partition coefficient (Wildman–Crippen LogP) is 3.85. The summed E-state index contributed by atoms with van der Waals surface area (Å²) in [4.78, 5) is 25.3. The zero-order chi connectivity index (χ0) is 20.7. The number of fused-ring (bicyclic) bond motifs is 2. The topological polar surface area (TPSA) is 57.2 Å². The Morgan fingerprint density at radius 3 is 2.70 bits per heavy atom. The van der Waals surface area contributed by atoms with Crippen LogP contribution in [0.2, 0.25) is 0 Å². The monoisotopic (exact) mass is 405 g/mol. The van der Waals surface area contributed by atoms with Gasteiger partial charge in [-0.2, -0.15) is 0 Å². The predicted molar refractivity (Wildman–Crippen MR) is 121 cm³/mol. The molecular weight excluding hydrogens is 374 g/mol. The molecule has 0 radical (unpaired) electrons. The lowest BCUT2D eigenvalue weighted by atomic mass is 10.1. The minimum absolute atomic E-state index is 0.0524. The first-order valence-corrected chi connectivity index (χ1v) is 11.3. The van der Waals surface area contributed by atoms with Crippen molar-refractivity contribution in [2.75, 3.05) is 24.5 Å². The van der Waals surface area contributed by atoms with Crippen molar-refractivity contribution >= 4 is 16.9 Å². The zero-order valence-corrected chi connectivity index (χ0v) is 18.0. The fourth-order valence-electron chi connectivity index (χ4n) is 4.94. The van der Waals surface area contributed by atoms with E-state index >= 15 is 0 Å². The molecule has 0 bridgehead atoms. The lowest BCUT2D eigenvalue weighted by molar-refractivity contribution is 0.241. The molecule has 30 heavy (non-hydrogen) atoms.